The lowest BCUT2D eigenvalue weighted by molar-refractivity contribution is 0.197. The van der Waals surface area contributed by atoms with Crippen molar-refractivity contribution in [2.24, 2.45) is 7.05 Å². The van der Waals surface area contributed by atoms with Crippen molar-refractivity contribution in [3.05, 3.63) is 65.6 Å². The lowest BCUT2D eigenvalue weighted by atomic mass is 9.94. The molecule has 2 bridgehead atoms. The van der Waals surface area contributed by atoms with Crippen molar-refractivity contribution in [3.63, 3.8) is 0 Å². The largest absolute Gasteiger partial charge is 0.322 e. The fraction of sp³-hybridized carbons (Fsp3) is 0.348. The van der Waals surface area contributed by atoms with E-state index in [0.717, 1.165) is 29.8 Å². The van der Waals surface area contributed by atoms with Gasteiger partial charge in [-0.05, 0) is 72.6 Å². The van der Waals surface area contributed by atoms with E-state index < -0.39 is 0 Å². The lowest BCUT2D eigenvalue weighted by Gasteiger charge is -2.23. The molecule has 4 heterocycles. The SMILES string of the molecule is Cn1ccc(-c2cc(NC(=O)N3[C@@H]4CC[C@H]3c3cnccc34)ccc2C2CC2)n1. The minimum Gasteiger partial charge on any atom is -0.310 e. The highest BCUT2D eigenvalue weighted by molar-refractivity contribution is 5.92. The molecule has 29 heavy (non-hydrogen) atoms. The Morgan fingerprint density at radius 3 is 2.59 bits per heavy atom. The third kappa shape index (κ3) is 2.66. The van der Waals surface area contributed by atoms with E-state index in [1.807, 2.05) is 47.4 Å². The van der Waals surface area contributed by atoms with Crippen molar-refractivity contribution in [2.45, 2.75) is 43.7 Å². The summed E-state index contributed by atoms with van der Waals surface area (Å²) in [5.41, 5.74) is 6.71. The van der Waals surface area contributed by atoms with Crippen LogP contribution in [0.5, 0.6) is 0 Å². The van der Waals surface area contributed by atoms with Crippen LogP contribution in [0, 0.1) is 0 Å². The standard InChI is InChI=1S/C23H23N5O/c1-27-11-9-20(26-27)18-12-15(4-5-16(18)14-2-3-14)25-23(29)28-21-6-7-22(28)19-13-24-10-8-17(19)21/h4-5,8-14,21-22H,2-3,6-7H2,1H3,(H,25,29)/t21-,22+/m1/s1. The van der Waals surface area contributed by atoms with Gasteiger partial charge in [0.2, 0.25) is 0 Å². The highest BCUT2D eigenvalue weighted by Crippen LogP contribution is 2.52. The van der Waals surface area contributed by atoms with E-state index in [-0.39, 0.29) is 18.1 Å². The Morgan fingerprint density at radius 2 is 1.86 bits per heavy atom. The van der Waals surface area contributed by atoms with Gasteiger partial charge in [-0.3, -0.25) is 9.67 Å². The van der Waals surface area contributed by atoms with Crippen molar-refractivity contribution in [1.29, 1.82) is 0 Å². The van der Waals surface area contributed by atoms with Crippen LogP contribution in [0.25, 0.3) is 11.3 Å². The number of hydrogen-bond acceptors (Lipinski definition) is 3. The number of rotatable bonds is 3. The molecule has 0 spiro atoms. The summed E-state index contributed by atoms with van der Waals surface area (Å²) in [5.74, 6) is 0.619. The molecule has 6 rings (SSSR count). The minimum atomic E-state index is -0.0279. The zero-order chi connectivity index (χ0) is 19.5. The fourth-order valence-electron chi connectivity index (χ4n) is 5.06. The highest BCUT2D eigenvalue weighted by Gasteiger charge is 2.46. The van der Waals surface area contributed by atoms with Gasteiger partial charge in [-0.15, -0.1) is 0 Å². The van der Waals surface area contributed by atoms with E-state index in [2.05, 4.69) is 33.6 Å². The normalized spacial score (nSPS) is 22.0. The molecule has 146 valence electrons. The molecule has 0 unspecified atom stereocenters. The van der Waals surface area contributed by atoms with Gasteiger partial charge >= 0.3 is 6.03 Å². The number of benzene rings is 1. The summed E-state index contributed by atoms with van der Waals surface area (Å²) in [6.45, 7) is 0. The third-order valence-corrected chi connectivity index (χ3v) is 6.54. The molecule has 1 saturated carbocycles. The van der Waals surface area contributed by atoms with E-state index in [1.165, 1.54) is 29.5 Å². The number of urea groups is 1. The van der Waals surface area contributed by atoms with Gasteiger partial charge in [-0.2, -0.15) is 5.10 Å². The van der Waals surface area contributed by atoms with Gasteiger partial charge in [-0.1, -0.05) is 6.07 Å². The second-order valence-corrected chi connectivity index (χ2v) is 8.40. The van der Waals surface area contributed by atoms with Crippen molar-refractivity contribution in [3.8, 4) is 11.3 Å². The van der Waals surface area contributed by atoms with Gasteiger partial charge in [0, 0.05) is 36.9 Å². The molecular formula is C23H23N5O. The highest BCUT2D eigenvalue weighted by atomic mass is 16.2. The van der Waals surface area contributed by atoms with Gasteiger partial charge in [0.05, 0.1) is 17.8 Å². The summed E-state index contributed by atoms with van der Waals surface area (Å²) in [7, 11) is 1.93. The zero-order valence-corrected chi connectivity index (χ0v) is 16.4. The van der Waals surface area contributed by atoms with Gasteiger partial charge in [0.1, 0.15) is 0 Å². The number of nitrogens with zero attached hydrogens (tertiary/aromatic N) is 4. The molecule has 0 radical (unpaired) electrons. The van der Waals surface area contributed by atoms with Crippen LogP contribution in [0.15, 0.2) is 48.9 Å². The molecule has 3 aromatic rings. The van der Waals surface area contributed by atoms with Gasteiger partial charge in [0.15, 0.2) is 0 Å². The van der Waals surface area contributed by atoms with E-state index in [9.17, 15) is 4.79 Å². The van der Waals surface area contributed by atoms with E-state index in [4.69, 9.17) is 0 Å². The molecular weight excluding hydrogens is 362 g/mol. The van der Waals surface area contributed by atoms with Crippen LogP contribution in [-0.2, 0) is 7.05 Å². The number of amides is 2. The molecule has 1 N–H and O–H groups in total. The van der Waals surface area contributed by atoms with Crippen molar-refractivity contribution >= 4 is 11.7 Å². The van der Waals surface area contributed by atoms with Crippen LogP contribution in [0.4, 0.5) is 10.5 Å². The Kier molecular flexibility index (Phi) is 3.57. The molecule has 6 heteroatoms. The third-order valence-electron chi connectivity index (χ3n) is 6.54. The molecule has 6 nitrogen and oxygen atoms in total. The van der Waals surface area contributed by atoms with Gasteiger partial charge in [0.25, 0.3) is 0 Å². The summed E-state index contributed by atoms with van der Waals surface area (Å²) in [4.78, 5) is 19.5. The monoisotopic (exact) mass is 385 g/mol. The first-order valence-corrected chi connectivity index (χ1v) is 10.4. The molecule has 1 aromatic carbocycles. The summed E-state index contributed by atoms with van der Waals surface area (Å²) < 4.78 is 1.82. The molecule has 3 aliphatic rings. The lowest BCUT2D eigenvalue weighted by Crippen LogP contribution is -2.32. The average Bonchev–Trinajstić information content (AvgIpc) is 3.22. The average molecular weight is 385 g/mol. The maximum atomic E-state index is 13.2. The number of carbonyl (C=O) groups excluding carboxylic acids is 1. The Labute approximate surface area is 169 Å². The van der Waals surface area contributed by atoms with Crippen molar-refractivity contribution in [2.75, 3.05) is 5.32 Å². The summed E-state index contributed by atoms with van der Waals surface area (Å²) in [5, 5.41) is 7.75. The molecule has 2 aromatic heterocycles. The Balaban J connectivity index is 1.30. The molecule has 1 aliphatic carbocycles. The number of hydrogen-bond donors (Lipinski definition) is 1. The Hall–Kier alpha value is -3.15. The number of fused-ring (bicyclic) bond motifs is 5. The first kappa shape index (κ1) is 16.8. The molecule has 2 fully saturated rings. The number of pyridine rings is 1. The number of aryl methyl sites for hydroxylation is 1. The van der Waals surface area contributed by atoms with Crippen LogP contribution in [-0.4, -0.2) is 25.7 Å². The quantitative estimate of drug-likeness (QED) is 0.705. The molecule has 2 atom stereocenters. The number of aromatic nitrogens is 3. The van der Waals surface area contributed by atoms with Crippen LogP contribution in [0.3, 0.4) is 0 Å². The van der Waals surface area contributed by atoms with Crippen molar-refractivity contribution in [1.82, 2.24) is 19.7 Å². The number of carbonyl (C=O) groups is 1. The summed E-state index contributed by atoms with van der Waals surface area (Å²) in [6.07, 6.45) is 10.2. The summed E-state index contributed by atoms with van der Waals surface area (Å²) >= 11 is 0. The van der Waals surface area contributed by atoms with E-state index >= 15 is 0 Å². The van der Waals surface area contributed by atoms with Crippen molar-refractivity contribution < 1.29 is 4.79 Å². The Morgan fingerprint density at radius 1 is 1.03 bits per heavy atom. The second-order valence-electron chi connectivity index (χ2n) is 8.40. The zero-order valence-electron chi connectivity index (χ0n) is 16.4. The molecule has 2 aliphatic heterocycles. The molecule has 1 saturated heterocycles. The smallest absolute Gasteiger partial charge is 0.310 e. The second kappa shape index (κ2) is 6.17. The van der Waals surface area contributed by atoms with E-state index in [0.29, 0.717) is 5.92 Å². The van der Waals surface area contributed by atoms with Crippen LogP contribution in [0.1, 0.15) is 60.4 Å². The topological polar surface area (TPSA) is 63.1 Å². The predicted molar refractivity (Wildman–Crippen MR) is 110 cm³/mol. The van der Waals surface area contributed by atoms with Gasteiger partial charge in [-0.25, -0.2) is 4.79 Å². The first-order valence-electron chi connectivity index (χ1n) is 10.4. The van der Waals surface area contributed by atoms with Crippen LogP contribution in [0.2, 0.25) is 0 Å². The number of anilines is 1. The van der Waals surface area contributed by atoms with Gasteiger partial charge < -0.3 is 10.2 Å². The van der Waals surface area contributed by atoms with Crippen LogP contribution >= 0.6 is 0 Å². The Bertz CT molecular complexity index is 1080. The van der Waals surface area contributed by atoms with E-state index in [1.54, 1.807) is 0 Å². The fourth-order valence-corrected chi connectivity index (χ4v) is 5.06. The first-order chi connectivity index (χ1) is 14.2. The summed E-state index contributed by atoms with van der Waals surface area (Å²) in [6, 6.07) is 10.7. The van der Waals surface area contributed by atoms with Crippen LogP contribution < -0.4 is 5.32 Å². The predicted octanol–water partition coefficient (Wildman–Crippen LogP) is 4.78. The maximum absolute atomic E-state index is 13.2. The molecule has 2 amide bonds. The number of nitrogens with one attached hydrogen (secondary N) is 1. The maximum Gasteiger partial charge on any atom is 0.322 e. The minimum absolute atomic E-state index is 0.0279.